The van der Waals surface area contributed by atoms with Crippen molar-refractivity contribution in [1.82, 2.24) is 44.3 Å². The number of hydrogen-bond donors (Lipinski definition) is 3. The molecule has 6 aromatic rings. The Labute approximate surface area is 363 Å². The van der Waals surface area contributed by atoms with Crippen LogP contribution in [0.5, 0.6) is 0 Å². The van der Waals surface area contributed by atoms with Gasteiger partial charge in [0.1, 0.15) is 16.8 Å². The van der Waals surface area contributed by atoms with Crippen LogP contribution in [0.3, 0.4) is 0 Å². The van der Waals surface area contributed by atoms with Gasteiger partial charge in [0.2, 0.25) is 5.95 Å². The van der Waals surface area contributed by atoms with E-state index in [1.54, 1.807) is 37.3 Å². The number of fused-ring (bicyclic) bond motifs is 3. The number of urea groups is 1. The number of amides is 2. The van der Waals surface area contributed by atoms with E-state index in [1.165, 1.54) is 0 Å². The summed E-state index contributed by atoms with van der Waals surface area (Å²) in [6, 6.07) is 15.9. The molecule has 16 nitrogen and oxygen atoms in total. The third kappa shape index (κ3) is 6.53. The van der Waals surface area contributed by atoms with Gasteiger partial charge in [-0.15, -0.1) is 6.58 Å². The zero-order valence-corrected chi connectivity index (χ0v) is 35.7. The van der Waals surface area contributed by atoms with Gasteiger partial charge in [-0.2, -0.15) is 10.1 Å². The molecule has 0 unspecified atom stereocenters. The highest BCUT2D eigenvalue weighted by Crippen LogP contribution is 2.52. The molecule has 326 valence electrons. The Morgan fingerprint density at radius 1 is 1.00 bits per heavy atom. The maximum absolute atomic E-state index is 15.7. The number of carbonyl (C=O) groups is 1. The van der Waals surface area contributed by atoms with Crippen LogP contribution in [0.4, 0.5) is 38.0 Å². The first-order valence-electron chi connectivity index (χ1n) is 22.2. The quantitative estimate of drug-likeness (QED) is 0.156. The number of halogens is 1. The van der Waals surface area contributed by atoms with E-state index in [-0.39, 0.29) is 29.4 Å². The molecule has 1 spiro atoms. The molecule has 1 saturated carbocycles. The largest absolute Gasteiger partial charge is 0.384 e. The summed E-state index contributed by atoms with van der Waals surface area (Å²) in [7, 11) is 1.85. The van der Waals surface area contributed by atoms with E-state index in [4.69, 9.17) is 9.97 Å². The zero-order chi connectivity index (χ0) is 43.2. The summed E-state index contributed by atoms with van der Waals surface area (Å²) in [4.78, 5) is 49.1. The van der Waals surface area contributed by atoms with Crippen molar-refractivity contribution in [3.63, 3.8) is 0 Å². The molecule has 3 N–H and O–H groups in total. The fourth-order valence-corrected chi connectivity index (χ4v) is 10.8. The number of benzene rings is 2. The van der Waals surface area contributed by atoms with E-state index in [2.05, 4.69) is 54.1 Å². The van der Waals surface area contributed by atoms with Gasteiger partial charge in [0.15, 0.2) is 17.3 Å². The smallest absolute Gasteiger partial charge is 0.323 e. The number of rotatable bonds is 10. The van der Waals surface area contributed by atoms with Gasteiger partial charge in [0, 0.05) is 93.8 Å². The number of carbonyl (C=O) groups excluding carboxylic acids is 1. The third-order valence-electron chi connectivity index (χ3n) is 14.3. The topological polar surface area (TPSA) is 158 Å². The summed E-state index contributed by atoms with van der Waals surface area (Å²) in [6.45, 7) is 12.8. The number of aryl methyl sites for hydroxylation is 2. The number of pyridine rings is 1. The number of nitrogens with one attached hydrogen (secondary N) is 2. The number of allylic oxidation sites excluding steroid dienone is 1. The van der Waals surface area contributed by atoms with Crippen molar-refractivity contribution >= 4 is 56.8 Å². The van der Waals surface area contributed by atoms with E-state index < -0.39 is 5.60 Å². The summed E-state index contributed by atoms with van der Waals surface area (Å²) < 4.78 is 20.7. The molecule has 4 aromatic heterocycles. The molecule has 3 saturated heterocycles. The summed E-state index contributed by atoms with van der Waals surface area (Å²) in [5.41, 5.74) is 4.50. The molecule has 5 aliphatic rings. The van der Waals surface area contributed by atoms with Crippen molar-refractivity contribution in [2.24, 2.45) is 12.5 Å². The van der Waals surface area contributed by atoms with Gasteiger partial charge in [0.25, 0.3) is 5.56 Å². The molecule has 2 amide bonds. The van der Waals surface area contributed by atoms with Crippen LogP contribution in [0.15, 0.2) is 72.2 Å². The molecular formula is C46H52FN13O3. The first-order chi connectivity index (χ1) is 30.5. The molecule has 4 fully saturated rings. The average molecular weight is 854 g/mol. The van der Waals surface area contributed by atoms with E-state index in [0.717, 1.165) is 87.4 Å². The molecule has 63 heavy (non-hydrogen) atoms. The van der Waals surface area contributed by atoms with Crippen LogP contribution in [0.25, 0.3) is 27.8 Å². The lowest BCUT2D eigenvalue weighted by molar-refractivity contribution is -0.0217. The number of aliphatic hydroxyl groups is 1. The second kappa shape index (κ2) is 14.9. The maximum atomic E-state index is 15.7. The van der Waals surface area contributed by atoms with Gasteiger partial charge in [-0.05, 0) is 86.6 Å². The number of piperazine rings is 1. The van der Waals surface area contributed by atoms with E-state index in [1.807, 2.05) is 44.3 Å². The van der Waals surface area contributed by atoms with Gasteiger partial charge >= 0.3 is 6.03 Å². The zero-order valence-electron chi connectivity index (χ0n) is 35.7. The predicted octanol–water partition coefficient (Wildman–Crippen LogP) is 5.19. The Bertz CT molecular complexity index is 2850. The lowest BCUT2D eigenvalue weighted by Crippen LogP contribution is -2.68. The number of hydrogen-bond acceptors (Lipinski definition) is 11. The Morgan fingerprint density at radius 3 is 2.54 bits per heavy atom. The molecule has 1 atom stereocenters. The minimum Gasteiger partial charge on any atom is -0.384 e. The van der Waals surface area contributed by atoms with Gasteiger partial charge in [-0.25, -0.2) is 28.5 Å². The Hall–Kier alpha value is -6.33. The molecule has 3 aliphatic heterocycles. The highest BCUT2D eigenvalue weighted by Gasteiger charge is 2.54. The average Bonchev–Trinajstić information content (AvgIpc) is 3.87. The molecule has 17 heteroatoms. The molecule has 7 heterocycles. The minimum atomic E-state index is -0.996. The standard InChI is InChI=1S/C46H52FN13O3/c1-4-16-59-42(61)34-26-49-43(52-40(34)60(59)38-12-7-29-13-14-46(63,5-2)39(29)51-38)50-30-8-10-31(11-9-30)55-18-20-56(21-19-55)32-24-45(25-32)27-57(28-45)37-23-36-33(22-35(37)47)41(53-54(36)3)58-17-6-15-48-44(58)62/h4,7-12,22-23,26,32,63H,1,5-6,13-21,24-25,27-28H2,2-3H3,(H,48,62)(H,49,50,52)/t46-/m1/s1. The summed E-state index contributed by atoms with van der Waals surface area (Å²) in [6.07, 6.45) is 8.23. The normalized spacial score (nSPS) is 21.2. The molecule has 2 aromatic carbocycles. The summed E-state index contributed by atoms with van der Waals surface area (Å²) >= 11 is 0. The SMILES string of the molecule is C=CCn1c(=O)c2cnc(Nc3ccc(N4CCN(C5CC6(C5)CN(c5cc7c(cc5F)c(N5CCCNC5=O)nn7C)C6)CC4)cc3)nc2n1-c1ccc2c(n1)[C@@](O)(CC)CC2. The van der Waals surface area contributed by atoms with E-state index in [9.17, 15) is 14.7 Å². The van der Waals surface area contributed by atoms with Gasteiger partial charge in [-0.3, -0.25) is 19.3 Å². The van der Waals surface area contributed by atoms with Crippen LogP contribution in [0.2, 0.25) is 0 Å². The van der Waals surface area contributed by atoms with Crippen LogP contribution in [0.1, 0.15) is 50.3 Å². The summed E-state index contributed by atoms with van der Waals surface area (Å²) in [5, 5.41) is 23.1. The highest BCUT2D eigenvalue weighted by molar-refractivity contribution is 6.02. The second-order valence-corrected chi connectivity index (χ2v) is 18.1. The van der Waals surface area contributed by atoms with Crippen molar-refractivity contribution < 1.29 is 14.3 Å². The number of aromatic nitrogens is 7. The minimum absolute atomic E-state index is 0.189. The lowest BCUT2D eigenvalue weighted by atomic mass is 9.60. The lowest BCUT2D eigenvalue weighted by Gasteiger charge is -2.62. The first-order valence-corrected chi connectivity index (χ1v) is 22.2. The third-order valence-corrected chi connectivity index (χ3v) is 14.3. The molecular weight excluding hydrogens is 802 g/mol. The van der Waals surface area contributed by atoms with Crippen molar-refractivity contribution in [2.45, 2.75) is 63.6 Å². The van der Waals surface area contributed by atoms with Crippen LogP contribution in [-0.4, -0.2) is 109 Å². The Kier molecular flexibility index (Phi) is 9.35. The predicted molar refractivity (Wildman–Crippen MR) is 241 cm³/mol. The van der Waals surface area contributed by atoms with Crippen molar-refractivity contribution in [2.75, 3.05) is 72.4 Å². The molecule has 11 rings (SSSR count). The van der Waals surface area contributed by atoms with Crippen molar-refractivity contribution in [3.8, 4) is 5.82 Å². The highest BCUT2D eigenvalue weighted by atomic mass is 19.1. The maximum Gasteiger partial charge on any atom is 0.323 e. The van der Waals surface area contributed by atoms with Crippen LogP contribution in [-0.2, 0) is 25.6 Å². The molecule has 2 aliphatic carbocycles. The molecule has 0 radical (unpaired) electrons. The molecule has 0 bridgehead atoms. The number of anilines is 5. The van der Waals surface area contributed by atoms with Crippen LogP contribution < -0.4 is 30.9 Å². The number of nitrogens with zero attached hydrogens (tertiary/aromatic N) is 11. The fourth-order valence-electron chi connectivity index (χ4n) is 10.8. The van der Waals surface area contributed by atoms with E-state index >= 15 is 4.39 Å². The van der Waals surface area contributed by atoms with E-state index in [0.29, 0.717) is 77.4 Å². The van der Waals surface area contributed by atoms with Gasteiger partial charge in [0.05, 0.1) is 23.4 Å². The van der Waals surface area contributed by atoms with Crippen molar-refractivity contribution in [3.05, 3.63) is 94.8 Å². The Balaban J connectivity index is 0.711. The first kappa shape index (κ1) is 39.5. The van der Waals surface area contributed by atoms with Gasteiger partial charge in [-0.1, -0.05) is 19.1 Å². The summed E-state index contributed by atoms with van der Waals surface area (Å²) in [5.74, 6) is 1.10. The van der Waals surface area contributed by atoms with Crippen molar-refractivity contribution in [1.29, 1.82) is 0 Å². The van der Waals surface area contributed by atoms with Gasteiger partial charge < -0.3 is 25.5 Å². The second-order valence-electron chi connectivity index (χ2n) is 18.1. The van der Waals surface area contributed by atoms with Crippen LogP contribution >= 0.6 is 0 Å². The fraction of sp³-hybridized carbons (Fsp3) is 0.435. The Morgan fingerprint density at radius 2 is 1.79 bits per heavy atom. The van der Waals surface area contributed by atoms with Crippen LogP contribution in [0, 0.1) is 11.2 Å². The monoisotopic (exact) mass is 853 g/mol.